The van der Waals surface area contributed by atoms with Crippen LogP contribution in [0.15, 0.2) is 65.1 Å². The summed E-state index contributed by atoms with van der Waals surface area (Å²) < 4.78 is 70.2. The van der Waals surface area contributed by atoms with Crippen LogP contribution in [0.5, 0.6) is 5.75 Å². The second-order valence-corrected chi connectivity index (χ2v) is 8.59. The van der Waals surface area contributed by atoms with E-state index in [-0.39, 0.29) is 17.0 Å². The molecule has 0 saturated heterocycles. The second-order valence-electron chi connectivity index (χ2n) is 7.05. The predicted molar refractivity (Wildman–Crippen MR) is 110 cm³/mol. The highest BCUT2D eigenvalue weighted by atomic mass is 32.2. The summed E-state index contributed by atoms with van der Waals surface area (Å²) in [6.07, 6.45) is 0. The van der Waals surface area contributed by atoms with Crippen molar-refractivity contribution < 1.29 is 30.2 Å². The highest BCUT2D eigenvalue weighted by Gasteiger charge is 2.48. The van der Waals surface area contributed by atoms with Gasteiger partial charge in [0, 0.05) is 11.6 Å². The average Bonchev–Trinajstić information content (AvgIpc) is 3.09. The number of aromatic nitrogens is 1. The third-order valence-corrected chi connectivity index (χ3v) is 5.52. The lowest BCUT2D eigenvalue weighted by Crippen LogP contribution is -2.28. The zero-order valence-corrected chi connectivity index (χ0v) is 17.2. The summed E-state index contributed by atoms with van der Waals surface area (Å²) in [5, 5.41) is 0. The van der Waals surface area contributed by atoms with Crippen molar-refractivity contribution in [3.05, 3.63) is 71.8 Å². The Labute approximate surface area is 176 Å². The minimum atomic E-state index is -5.77. The summed E-state index contributed by atoms with van der Waals surface area (Å²) >= 11 is 0. The molecule has 0 saturated carbocycles. The van der Waals surface area contributed by atoms with Crippen LogP contribution in [-0.2, 0) is 10.1 Å². The molecule has 0 N–H and O–H groups in total. The van der Waals surface area contributed by atoms with Crippen molar-refractivity contribution in [1.29, 1.82) is 0 Å². The normalized spacial score (nSPS) is 12.3. The number of oxazole rings is 1. The van der Waals surface area contributed by atoms with Gasteiger partial charge >= 0.3 is 15.6 Å². The van der Waals surface area contributed by atoms with Crippen LogP contribution in [0.1, 0.15) is 11.1 Å². The van der Waals surface area contributed by atoms with E-state index in [4.69, 9.17) is 4.42 Å². The molecular weight excluding hydrogens is 431 g/mol. The summed E-state index contributed by atoms with van der Waals surface area (Å²) in [6, 6.07) is 17.0. The molecule has 3 aromatic carbocycles. The number of fused-ring (bicyclic) bond motifs is 1. The molecule has 0 aliphatic rings. The molecule has 5 nitrogen and oxygen atoms in total. The fraction of sp³-hybridized carbons (Fsp3) is 0.136. The highest BCUT2D eigenvalue weighted by Crippen LogP contribution is 2.35. The summed E-state index contributed by atoms with van der Waals surface area (Å²) in [7, 11) is -5.77. The zero-order chi connectivity index (χ0) is 22.4. The lowest BCUT2D eigenvalue weighted by atomic mass is 9.96. The fourth-order valence-electron chi connectivity index (χ4n) is 3.30. The van der Waals surface area contributed by atoms with Gasteiger partial charge < -0.3 is 8.60 Å². The van der Waals surface area contributed by atoms with E-state index in [1.165, 1.54) is 6.07 Å². The molecule has 31 heavy (non-hydrogen) atoms. The van der Waals surface area contributed by atoms with Crippen LogP contribution >= 0.6 is 0 Å². The molecule has 0 fully saturated rings. The lowest BCUT2D eigenvalue weighted by Gasteiger charge is -2.09. The first kappa shape index (κ1) is 20.9. The Morgan fingerprint density at radius 1 is 0.903 bits per heavy atom. The summed E-state index contributed by atoms with van der Waals surface area (Å²) in [6.45, 7) is 3.99. The minimum absolute atomic E-state index is 0.167. The van der Waals surface area contributed by atoms with Gasteiger partial charge in [-0.25, -0.2) is 4.98 Å². The summed E-state index contributed by atoms with van der Waals surface area (Å²) in [4.78, 5) is 4.34. The quantitative estimate of drug-likeness (QED) is 0.283. The van der Waals surface area contributed by atoms with E-state index in [0.717, 1.165) is 34.4 Å². The summed E-state index contributed by atoms with van der Waals surface area (Å²) in [5.41, 5.74) is -0.365. The van der Waals surface area contributed by atoms with Crippen LogP contribution in [0.3, 0.4) is 0 Å². The smallest absolute Gasteiger partial charge is 0.436 e. The zero-order valence-electron chi connectivity index (χ0n) is 16.4. The van der Waals surface area contributed by atoms with Gasteiger partial charge in [0.25, 0.3) is 0 Å². The molecule has 0 unspecified atom stereocenters. The van der Waals surface area contributed by atoms with Gasteiger partial charge in [-0.3, -0.25) is 0 Å². The van der Waals surface area contributed by atoms with Gasteiger partial charge in [-0.1, -0.05) is 47.5 Å². The molecule has 0 radical (unpaired) electrons. The molecule has 1 aromatic heterocycles. The molecule has 0 bridgehead atoms. The number of hydrogen-bond donors (Lipinski definition) is 0. The number of nitrogens with zero attached hydrogens (tertiary/aromatic N) is 1. The maximum atomic E-state index is 12.6. The van der Waals surface area contributed by atoms with E-state index < -0.39 is 21.4 Å². The molecule has 0 aliphatic heterocycles. The Morgan fingerprint density at radius 2 is 1.55 bits per heavy atom. The Hall–Kier alpha value is -3.33. The second kappa shape index (κ2) is 7.42. The molecule has 9 heteroatoms. The molecule has 4 rings (SSSR count). The van der Waals surface area contributed by atoms with Crippen LogP contribution in [0.4, 0.5) is 13.2 Å². The Balaban J connectivity index is 1.77. The fourth-order valence-corrected chi connectivity index (χ4v) is 3.75. The van der Waals surface area contributed by atoms with Gasteiger partial charge in [-0.15, -0.1) is 0 Å². The van der Waals surface area contributed by atoms with Crippen LogP contribution in [0.2, 0.25) is 0 Å². The van der Waals surface area contributed by atoms with Crippen molar-refractivity contribution in [3.8, 4) is 28.3 Å². The average molecular weight is 447 g/mol. The number of benzene rings is 3. The van der Waals surface area contributed by atoms with Crippen LogP contribution in [0, 0.1) is 13.8 Å². The van der Waals surface area contributed by atoms with E-state index in [2.05, 4.69) is 15.2 Å². The molecule has 0 spiro atoms. The van der Waals surface area contributed by atoms with Crippen LogP contribution in [-0.4, -0.2) is 18.9 Å². The standard InChI is InChI=1S/C22H16F3NO4S/c1-13-9-14(2)11-15(10-13)17-5-3-4-6-18(17)21-26-19-12-16(7-8-20(19)29-21)30-31(27,28)22(23,24)25/h3-12H,1-2H3. The monoisotopic (exact) mass is 447 g/mol. The topological polar surface area (TPSA) is 69.4 Å². The molecule has 0 atom stereocenters. The Kier molecular flexibility index (Phi) is 5.01. The minimum Gasteiger partial charge on any atom is -0.436 e. The van der Waals surface area contributed by atoms with Crippen LogP contribution in [0.25, 0.3) is 33.7 Å². The van der Waals surface area contributed by atoms with Crippen molar-refractivity contribution in [2.75, 3.05) is 0 Å². The van der Waals surface area contributed by atoms with Crippen molar-refractivity contribution in [2.24, 2.45) is 0 Å². The number of alkyl halides is 3. The third-order valence-electron chi connectivity index (χ3n) is 4.54. The largest absolute Gasteiger partial charge is 0.534 e. The molecule has 1 heterocycles. The number of halogens is 3. The molecule has 4 aromatic rings. The summed E-state index contributed by atoms with van der Waals surface area (Å²) in [5.74, 6) is -0.257. The van der Waals surface area contributed by atoms with Crippen molar-refractivity contribution in [1.82, 2.24) is 4.98 Å². The highest BCUT2D eigenvalue weighted by molar-refractivity contribution is 7.88. The van der Waals surface area contributed by atoms with Crippen molar-refractivity contribution in [2.45, 2.75) is 19.4 Å². The number of rotatable bonds is 4. The molecule has 0 amide bonds. The van der Waals surface area contributed by atoms with Gasteiger partial charge in [0.1, 0.15) is 11.3 Å². The first-order chi connectivity index (χ1) is 14.5. The molecular formula is C22H16F3NO4S. The van der Waals surface area contributed by atoms with Crippen LogP contribution < -0.4 is 4.18 Å². The SMILES string of the molecule is Cc1cc(C)cc(-c2ccccc2-c2nc3cc(OS(=O)(=O)C(F)(F)F)ccc3o2)c1. The number of aryl methyl sites for hydroxylation is 2. The maximum Gasteiger partial charge on any atom is 0.534 e. The first-order valence-corrected chi connectivity index (χ1v) is 10.5. The Bertz CT molecular complexity index is 1370. The van der Waals surface area contributed by atoms with E-state index in [1.807, 2.05) is 50.2 Å². The molecule has 160 valence electrons. The third kappa shape index (κ3) is 4.13. The van der Waals surface area contributed by atoms with Crippen molar-refractivity contribution in [3.63, 3.8) is 0 Å². The van der Waals surface area contributed by atoms with Gasteiger partial charge in [-0.2, -0.15) is 21.6 Å². The predicted octanol–water partition coefficient (Wildman–Crippen LogP) is 6.01. The van der Waals surface area contributed by atoms with E-state index in [0.29, 0.717) is 5.56 Å². The first-order valence-electron chi connectivity index (χ1n) is 9.13. The molecule has 0 aliphatic carbocycles. The van der Waals surface area contributed by atoms with Crippen molar-refractivity contribution >= 4 is 21.2 Å². The van der Waals surface area contributed by atoms with E-state index >= 15 is 0 Å². The maximum absolute atomic E-state index is 12.6. The lowest BCUT2D eigenvalue weighted by molar-refractivity contribution is -0.0500. The van der Waals surface area contributed by atoms with Gasteiger partial charge in [0.05, 0.1) is 0 Å². The Morgan fingerprint density at radius 3 is 2.19 bits per heavy atom. The van der Waals surface area contributed by atoms with E-state index in [9.17, 15) is 21.6 Å². The van der Waals surface area contributed by atoms with E-state index in [1.54, 1.807) is 0 Å². The number of hydrogen-bond acceptors (Lipinski definition) is 5. The van der Waals surface area contributed by atoms with Gasteiger partial charge in [-0.05, 0) is 43.2 Å². The van der Waals surface area contributed by atoms with Gasteiger partial charge in [0.2, 0.25) is 5.89 Å². The van der Waals surface area contributed by atoms with Gasteiger partial charge in [0.15, 0.2) is 5.58 Å².